The number of hydrogen-bond acceptors (Lipinski definition) is 2. The van der Waals surface area contributed by atoms with E-state index in [2.05, 4.69) is 225 Å². The van der Waals surface area contributed by atoms with Gasteiger partial charge in [-0.15, -0.1) is 29.7 Å². The molecule has 0 fully saturated rings. The molecule has 0 saturated carbocycles. The molecule has 0 bridgehead atoms. The summed E-state index contributed by atoms with van der Waals surface area (Å²) in [5, 5.41) is 2.29. The predicted octanol–water partition coefficient (Wildman–Crippen LogP) is 13.9. The fraction of sp³-hybridized carbons (Fsp3) is 0.192. The van der Waals surface area contributed by atoms with Crippen LogP contribution >= 0.6 is 0 Å². The number of pyridine rings is 1. The minimum Gasteiger partial charge on any atom is -0.358 e. The van der Waals surface area contributed by atoms with E-state index in [0.717, 1.165) is 50.5 Å². The number of imidazole rings is 1. The van der Waals surface area contributed by atoms with Crippen LogP contribution in [0, 0.1) is 12.1 Å². The molecule has 0 aliphatic carbocycles. The van der Waals surface area contributed by atoms with Gasteiger partial charge in [0.25, 0.3) is 0 Å². The third-order valence-corrected chi connectivity index (χ3v) is 11.1. The Kier molecular flexibility index (Phi) is 10.5. The van der Waals surface area contributed by atoms with Gasteiger partial charge in [-0.25, -0.2) is 14.1 Å². The van der Waals surface area contributed by atoms with Gasteiger partial charge < -0.3 is 9.47 Å². The maximum atomic E-state index is 5.06. The molecule has 9 rings (SSSR count). The number of anilines is 3. The summed E-state index contributed by atoms with van der Waals surface area (Å²) in [5.41, 5.74) is 13.3. The number of hydrogen-bond donors (Lipinski definition) is 0. The average molecular weight is 938 g/mol. The Morgan fingerprint density at radius 1 is 0.621 bits per heavy atom. The van der Waals surface area contributed by atoms with Crippen molar-refractivity contribution in [3.8, 4) is 22.6 Å². The number of fused-ring (bicyclic) bond motifs is 4. The molecule has 0 aliphatic heterocycles. The average Bonchev–Trinajstić information content (AvgIpc) is 3.78. The second kappa shape index (κ2) is 15.5. The summed E-state index contributed by atoms with van der Waals surface area (Å²) in [6.07, 6.45) is 4.16. The van der Waals surface area contributed by atoms with Gasteiger partial charge >= 0.3 is 0 Å². The number of rotatable bonds is 8. The normalized spacial score (nSPS) is 11.9. The molecule has 0 saturated heterocycles. The van der Waals surface area contributed by atoms with Crippen LogP contribution in [0.2, 0.25) is 0 Å². The summed E-state index contributed by atoms with van der Waals surface area (Å²) in [7, 11) is 0. The zero-order valence-electron chi connectivity index (χ0n) is 34.1. The van der Waals surface area contributed by atoms with E-state index in [9.17, 15) is 0 Å². The molecular weight excluding hydrogens is 890 g/mol. The van der Waals surface area contributed by atoms with Crippen molar-refractivity contribution in [2.75, 3.05) is 4.90 Å². The molecule has 0 unspecified atom stereocenters. The van der Waals surface area contributed by atoms with Gasteiger partial charge in [0.15, 0.2) is 17.4 Å². The van der Waals surface area contributed by atoms with Crippen LogP contribution in [0.15, 0.2) is 152 Å². The maximum Gasteiger partial charge on any atom is 0.188 e. The molecule has 3 aromatic heterocycles. The Labute approximate surface area is 356 Å². The van der Waals surface area contributed by atoms with Crippen molar-refractivity contribution in [2.24, 2.45) is 0 Å². The molecule has 5 nitrogen and oxygen atoms in total. The van der Waals surface area contributed by atoms with E-state index in [1.165, 1.54) is 33.2 Å². The van der Waals surface area contributed by atoms with Crippen LogP contribution in [-0.2, 0) is 26.6 Å². The molecule has 0 aliphatic rings. The number of benzene rings is 6. The Balaban J connectivity index is 0.00000469. The van der Waals surface area contributed by atoms with Crippen molar-refractivity contribution in [1.82, 2.24) is 18.7 Å². The van der Waals surface area contributed by atoms with E-state index >= 15 is 0 Å². The molecule has 58 heavy (non-hydrogen) atoms. The van der Waals surface area contributed by atoms with Crippen LogP contribution < -0.4 is 4.90 Å². The van der Waals surface area contributed by atoms with E-state index in [0.29, 0.717) is 11.8 Å². The zero-order valence-corrected chi connectivity index (χ0v) is 36.4. The van der Waals surface area contributed by atoms with E-state index in [4.69, 9.17) is 4.98 Å². The summed E-state index contributed by atoms with van der Waals surface area (Å²) in [5.74, 6) is 1.63. The maximum absolute atomic E-state index is 5.06. The fourth-order valence-corrected chi connectivity index (χ4v) is 8.37. The quantitative estimate of drug-likeness (QED) is 0.142. The van der Waals surface area contributed by atoms with Gasteiger partial charge in [-0.2, -0.15) is 12.1 Å². The van der Waals surface area contributed by atoms with Gasteiger partial charge in [0, 0.05) is 56.3 Å². The van der Waals surface area contributed by atoms with Crippen LogP contribution in [0.4, 0.5) is 17.1 Å². The third kappa shape index (κ3) is 6.86. The Morgan fingerprint density at radius 2 is 1.26 bits per heavy atom. The molecule has 0 radical (unpaired) electrons. The molecule has 0 atom stereocenters. The van der Waals surface area contributed by atoms with Crippen molar-refractivity contribution in [1.29, 1.82) is 0 Å². The molecule has 0 amide bonds. The third-order valence-electron chi connectivity index (χ3n) is 11.1. The first-order valence-electron chi connectivity index (χ1n) is 20.0. The molecule has 292 valence electrons. The minimum atomic E-state index is -0.0930. The van der Waals surface area contributed by atoms with Crippen LogP contribution in [0.3, 0.4) is 0 Å². The van der Waals surface area contributed by atoms with Crippen LogP contribution in [0.5, 0.6) is 0 Å². The fourth-order valence-electron chi connectivity index (χ4n) is 8.37. The Bertz CT molecular complexity index is 2890. The van der Waals surface area contributed by atoms with Crippen molar-refractivity contribution in [3.63, 3.8) is 0 Å². The van der Waals surface area contributed by atoms with Crippen molar-refractivity contribution in [2.45, 2.75) is 65.8 Å². The first-order chi connectivity index (χ1) is 27.6. The summed E-state index contributed by atoms with van der Waals surface area (Å²) < 4.78 is 6.87. The molecule has 0 N–H and O–H groups in total. The first kappa shape index (κ1) is 39.1. The molecule has 6 heteroatoms. The van der Waals surface area contributed by atoms with Crippen molar-refractivity contribution in [3.05, 3.63) is 175 Å². The monoisotopic (exact) mass is 937 g/mol. The standard InChI is InChI=1S/C52H48N5.Pt/c1-35(2)42-22-16-23-43(36(3)4)51(42)37-29-30-53-50(31-37)57-46-24-12-11-21-44(46)45-28-27-41(33-49(45)57)56(38-17-9-8-10-18-38)40-20-15-19-39(32-40)54-34-55(52(5,6)7)48-26-14-13-25-47(48)54;/h8-31,34-36H,1-7H3;/q-1;. The van der Waals surface area contributed by atoms with Crippen molar-refractivity contribution >= 4 is 49.9 Å². The molecular formula is C52H48N5Pt-. The number of aromatic nitrogens is 4. The van der Waals surface area contributed by atoms with E-state index in [1.807, 2.05) is 6.20 Å². The van der Waals surface area contributed by atoms with Gasteiger partial charge in [0.1, 0.15) is 5.82 Å². The number of para-hydroxylation sites is 4. The summed E-state index contributed by atoms with van der Waals surface area (Å²) >= 11 is 0. The molecule has 0 spiro atoms. The van der Waals surface area contributed by atoms with E-state index in [1.54, 1.807) is 0 Å². The second-order valence-corrected chi connectivity index (χ2v) is 16.6. The molecule has 3 heterocycles. The zero-order chi connectivity index (χ0) is 39.4. The van der Waals surface area contributed by atoms with Gasteiger partial charge in [-0.1, -0.05) is 105 Å². The second-order valence-electron chi connectivity index (χ2n) is 16.6. The SMILES string of the molecule is CC(C)c1cccc(C(C)C)c1-c1ccnc(-n2c3[c-]c(N(c4[c-]c(-n5[cH+]n(C(C)(C)C)c6ccccc65)ccc4)c4ccccc4)ccc3c3ccccc32)c1.[Pt]. The van der Waals surface area contributed by atoms with Crippen LogP contribution in [0.1, 0.15) is 71.4 Å². The van der Waals surface area contributed by atoms with E-state index < -0.39 is 0 Å². The molecule has 6 aromatic carbocycles. The minimum absolute atomic E-state index is 0. The summed E-state index contributed by atoms with van der Waals surface area (Å²) in [6, 6.07) is 57.5. The first-order valence-corrected chi connectivity index (χ1v) is 20.0. The summed E-state index contributed by atoms with van der Waals surface area (Å²) in [6.45, 7) is 15.8. The smallest absolute Gasteiger partial charge is 0.188 e. The van der Waals surface area contributed by atoms with Crippen LogP contribution in [0.25, 0.3) is 55.5 Å². The van der Waals surface area contributed by atoms with Crippen LogP contribution in [-0.4, -0.2) is 18.7 Å². The molecule has 9 aromatic rings. The topological polar surface area (TPSA) is 30.9 Å². The Hall–Kier alpha value is -5.77. The van der Waals surface area contributed by atoms with Gasteiger partial charge in [-0.05, 0) is 103 Å². The van der Waals surface area contributed by atoms with E-state index in [-0.39, 0.29) is 26.6 Å². The largest absolute Gasteiger partial charge is 0.358 e. The Morgan fingerprint density at radius 3 is 1.97 bits per heavy atom. The van der Waals surface area contributed by atoms with Gasteiger partial charge in [0.2, 0.25) is 0 Å². The van der Waals surface area contributed by atoms with Crippen molar-refractivity contribution < 1.29 is 21.1 Å². The summed E-state index contributed by atoms with van der Waals surface area (Å²) in [4.78, 5) is 7.31. The van der Waals surface area contributed by atoms with Gasteiger partial charge in [0.05, 0.1) is 5.54 Å². The van der Waals surface area contributed by atoms with Gasteiger partial charge in [-0.3, -0.25) is 0 Å². The predicted molar refractivity (Wildman–Crippen MR) is 239 cm³/mol. The number of nitrogens with zero attached hydrogens (tertiary/aromatic N) is 5.